The zero-order valence-electron chi connectivity index (χ0n) is 12.9. The molecule has 0 saturated heterocycles. The van der Waals surface area contributed by atoms with E-state index in [1.165, 1.54) is 10.6 Å². The van der Waals surface area contributed by atoms with Crippen molar-refractivity contribution < 1.29 is 13.2 Å². The van der Waals surface area contributed by atoms with Crippen molar-refractivity contribution in [2.45, 2.75) is 6.42 Å². The first-order chi connectivity index (χ1) is 11.3. The van der Waals surface area contributed by atoms with Crippen LogP contribution in [0.25, 0.3) is 0 Å². The van der Waals surface area contributed by atoms with Crippen LogP contribution in [0.5, 0.6) is 0 Å². The first kappa shape index (κ1) is 16.8. The van der Waals surface area contributed by atoms with E-state index < -0.39 is 10.0 Å². The van der Waals surface area contributed by atoms with Gasteiger partial charge in [0.2, 0.25) is 10.0 Å². The summed E-state index contributed by atoms with van der Waals surface area (Å²) in [6.45, 7) is 0.431. The molecule has 6 nitrogen and oxygen atoms in total. The van der Waals surface area contributed by atoms with Crippen LogP contribution in [-0.2, 0) is 16.4 Å². The van der Waals surface area contributed by atoms with Crippen LogP contribution in [0, 0.1) is 0 Å². The Labute approximate surface area is 149 Å². The number of halogens is 1. The van der Waals surface area contributed by atoms with Crippen LogP contribution < -0.4 is 14.9 Å². The van der Waals surface area contributed by atoms with E-state index in [1.54, 1.807) is 24.3 Å². The van der Waals surface area contributed by atoms with Gasteiger partial charge in [0, 0.05) is 16.7 Å². The Kier molecular flexibility index (Phi) is 4.51. The lowest BCUT2D eigenvalue weighted by molar-refractivity contribution is 0.262. The Morgan fingerprint density at radius 1 is 1.17 bits per heavy atom. The molecule has 126 valence electrons. The largest absolute Gasteiger partial charge is 0.323 e. The molecule has 8 heteroatoms. The Morgan fingerprint density at radius 2 is 1.92 bits per heavy atom. The molecular formula is C16H16BrN3O3S. The Morgan fingerprint density at radius 3 is 2.62 bits per heavy atom. The summed E-state index contributed by atoms with van der Waals surface area (Å²) < 4.78 is 25.6. The number of sulfonamides is 1. The average Bonchev–Trinajstić information content (AvgIpc) is 2.93. The Balaban J connectivity index is 1.73. The molecule has 2 aromatic carbocycles. The molecule has 1 heterocycles. The molecule has 0 aliphatic carbocycles. The second-order valence-electron chi connectivity index (χ2n) is 5.49. The predicted molar refractivity (Wildman–Crippen MR) is 99.1 cm³/mol. The van der Waals surface area contributed by atoms with Gasteiger partial charge in [-0.15, -0.1) is 0 Å². The van der Waals surface area contributed by atoms with E-state index in [2.05, 4.69) is 26.6 Å². The fourth-order valence-corrected chi connectivity index (χ4v) is 3.98. The molecular weight excluding hydrogens is 394 g/mol. The Hall–Kier alpha value is -2.06. The first-order valence-electron chi connectivity index (χ1n) is 7.28. The number of nitrogens with zero attached hydrogens (tertiary/aromatic N) is 1. The quantitative estimate of drug-likeness (QED) is 0.814. The first-order valence-corrected chi connectivity index (χ1v) is 9.92. The van der Waals surface area contributed by atoms with Crippen molar-refractivity contribution in [1.29, 1.82) is 0 Å². The van der Waals surface area contributed by atoms with Crippen LogP contribution in [-0.4, -0.2) is 27.2 Å². The van der Waals surface area contributed by atoms with Crippen molar-refractivity contribution in [2.24, 2.45) is 0 Å². The highest BCUT2D eigenvalue weighted by atomic mass is 79.9. The fourth-order valence-electron chi connectivity index (χ4n) is 2.64. The molecule has 0 atom stereocenters. The average molecular weight is 410 g/mol. The molecule has 2 N–H and O–H groups in total. The van der Waals surface area contributed by atoms with Crippen molar-refractivity contribution in [1.82, 2.24) is 0 Å². The summed E-state index contributed by atoms with van der Waals surface area (Å²) in [7, 11) is -3.27. The summed E-state index contributed by atoms with van der Waals surface area (Å²) in [5.74, 6) is 0. The summed E-state index contributed by atoms with van der Waals surface area (Å²) in [6, 6.07) is 12.2. The SMILES string of the molecule is CS(=O)(=O)N1CCc2cc(NC(=O)Nc3ccccc3Br)ccc21. The number of hydrogen-bond donors (Lipinski definition) is 2. The number of amides is 2. The van der Waals surface area contributed by atoms with Crippen molar-refractivity contribution in [3.05, 3.63) is 52.5 Å². The molecule has 0 aromatic heterocycles. The van der Waals surface area contributed by atoms with Gasteiger partial charge >= 0.3 is 6.03 Å². The summed E-state index contributed by atoms with van der Waals surface area (Å²) in [5.41, 5.74) is 2.86. The van der Waals surface area contributed by atoms with E-state index in [-0.39, 0.29) is 6.03 Å². The molecule has 0 saturated carbocycles. The molecule has 0 radical (unpaired) electrons. The number of anilines is 3. The van der Waals surface area contributed by atoms with Gasteiger partial charge in [-0.2, -0.15) is 0 Å². The lowest BCUT2D eigenvalue weighted by Crippen LogP contribution is -2.27. The van der Waals surface area contributed by atoms with Gasteiger partial charge < -0.3 is 10.6 Å². The van der Waals surface area contributed by atoms with Gasteiger partial charge in [0.05, 0.1) is 17.6 Å². The number of carbonyl (C=O) groups excluding carboxylic acids is 1. The van der Waals surface area contributed by atoms with Crippen LogP contribution >= 0.6 is 15.9 Å². The molecule has 0 fully saturated rings. The summed E-state index contributed by atoms with van der Waals surface area (Å²) in [5, 5.41) is 5.52. The standard InChI is InChI=1S/C16H16BrN3O3S/c1-24(22,23)20-9-8-11-10-12(6-7-15(11)20)18-16(21)19-14-5-3-2-4-13(14)17/h2-7,10H,8-9H2,1H3,(H2,18,19,21). The van der Waals surface area contributed by atoms with Crippen LogP contribution in [0.3, 0.4) is 0 Å². The van der Waals surface area contributed by atoms with Crippen LogP contribution in [0.15, 0.2) is 46.9 Å². The molecule has 1 aliphatic heterocycles. The van der Waals surface area contributed by atoms with Gasteiger partial charge in [-0.25, -0.2) is 13.2 Å². The molecule has 1 aliphatic rings. The van der Waals surface area contributed by atoms with E-state index in [1.807, 2.05) is 18.2 Å². The van der Waals surface area contributed by atoms with Gasteiger partial charge in [0.25, 0.3) is 0 Å². The highest BCUT2D eigenvalue weighted by Gasteiger charge is 2.26. The maximum absolute atomic E-state index is 12.1. The fraction of sp³-hybridized carbons (Fsp3) is 0.188. The lowest BCUT2D eigenvalue weighted by atomic mass is 10.1. The molecule has 0 bridgehead atoms. The molecule has 3 rings (SSSR count). The topological polar surface area (TPSA) is 78.5 Å². The highest BCUT2D eigenvalue weighted by molar-refractivity contribution is 9.10. The number of urea groups is 1. The minimum atomic E-state index is -3.27. The van der Waals surface area contributed by atoms with Crippen molar-refractivity contribution >= 4 is 49.0 Å². The Bertz CT molecular complexity index is 899. The minimum Gasteiger partial charge on any atom is -0.308 e. The van der Waals surface area contributed by atoms with E-state index in [0.717, 1.165) is 10.0 Å². The number of nitrogens with one attached hydrogen (secondary N) is 2. The van der Waals surface area contributed by atoms with E-state index >= 15 is 0 Å². The number of rotatable bonds is 3. The maximum Gasteiger partial charge on any atom is 0.323 e. The molecule has 0 unspecified atom stereocenters. The third kappa shape index (κ3) is 3.54. The van der Waals surface area contributed by atoms with Crippen LogP contribution in [0.4, 0.5) is 21.9 Å². The smallest absolute Gasteiger partial charge is 0.308 e. The minimum absolute atomic E-state index is 0.361. The number of fused-ring (bicyclic) bond motifs is 1. The van der Waals surface area contributed by atoms with Crippen molar-refractivity contribution in [2.75, 3.05) is 27.7 Å². The third-order valence-electron chi connectivity index (χ3n) is 3.71. The number of para-hydroxylation sites is 1. The monoisotopic (exact) mass is 409 g/mol. The summed E-state index contributed by atoms with van der Waals surface area (Å²) in [4.78, 5) is 12.1. The zero-order valence-corrected chi connectivity index (χ0v) is 15.3. The summed E-state index contributed by atoms with van der Waals surface area (Å²) >= 11 is 3.37. The number of carbonyl (C=O) groups is 1. The molecule has 0 spiro atoms. The van der Waals surface area contributed by atoms with Crippen molar-refractivity contribution in [3.8, 4) is 0 Å². The molecule has 24 heavy (non-hydrogen) atoms. The molecule has 2 amide bonds. The normalized spacial score (nSPS) is 13.5. The van der Waals surface area contributed by atoms with E-state index in [0.29, 0.717) is 30.0 Å². The van der Waals surface area contributed by atoms with Gasteiger partial charge in [-0.1, -0.05) is 12.1 Å². The second kappa shape index (κ2) is 6.45. The number of benzene rings is 2. The third-order valence-corrected chi connectivity index (χ3v) is 5.58. The van der Waals surface area contributed by atoms with Gasteiger partial charge in [-0.3, -0.25) is 4.31 Å². The van der Waals surface area contributed by atoms with Gasteiger partial charge in [0.1, 0.15) is 0 Å². The van der Waals surface area contributed by atoms with Gasteiger partial charge in [-0.05, 0) is 58.2 Å². The predicted octanol–water partition coefficient (Wildman–Crippen LogP) is 3.42. The number of hydrogen-bond acceptors (Lipinski definition) is 3. The lowest BCUT2D eigenvalue weighted by Gasteiger charge is -2.16. The highest BCUT2D eigenvalue weighted by Crippen LogP contribution is 2.32. The summed E-state index contributed by atoms with van der Waals surface area (Å²) in [6.07, 6.45) is 1.82. The van der Waals surface area contributed by atoms with Crippen LogP contribution in [0.2, 0.25) is 0 Å². The van der Waals surface area contributed by atoms with Crippen molar-refractivity contribution in [3.63, 3.8) is 0 Å². The maximum atomic E-state index is 12.1. The van der Waals surface area contributed by atoms with Crippen LogP contribution in [0.1, 0.15) is 5.56 Å². The van der Waals surface area contributed by atoms with Gasteiger partial charge in [0.15, 0.2) is 0 Å². The van der Waals surface area contributed by atoms with E-state index in [9.17, 15) is 13.2 Å². The zero-order chi connectivity index (χ0) is 17.3. The van der Waals surface area contributed by atoms with E-state index in [4.69, 9.17) is 0 Å². The second-order valence-corrected chi connectivity index (χ2v) is 8.25. The molecule has 2 aromatic rings.